The van der Waals surface area contributed by atoms with Gasteiger partial charge in [-0.3, -0.25) is 9.59 Å². The van der Waals surface area contributed by atoms with Crippen molar-refractivity contribution in [2.45, 2.75) is 32.8 Å². The Morgan fingerprint density at radius 3 is 2.26 bits per heavy atom. The van der Waals surface area contributed by atoms with Crippen LogP contribution in [0.1, 0.15) is 26.7 Å². The molecule has 0 bridgehead atoms. The molecule has 2 atom stereocenters. The van der Waals surface area contributed by atoms with E-state index >= 15 is 0 Å². The van der Waals surface area contributed by atoms with Gasteiger partial charge in [-0.2, -0.15) is 0 Å². The van der Waals surface area contributed by atoms with Gasteiger partial charge in [-0.1, -0.05) is 12.2 Å². The van der Waals surface area contributed by atoms with Crippen molar-refractivity contribution in [1.82, 2.24) is 0 Å². The molecule has 0 aliphatic heterocycles. The summed E-state index contributed by atoms with van der Waals surface area (Å²) in [6.07, 6.45) is 4.77. The highest BCUT2D eigenvalue weighted by molar-refractivity contribution is 5.95. The number of carbonyl (C=O) groups is 2. The van der Waals surface area contributed by atoms with Gasteiger partial charge in [0, 0.05) is 5.69 Å². The Morgan fingerprint density at radius 2 is 1.70 bits per heavy atom. The van der Waals surface area contributed by atoms with Crippen LogP contribution in [0.4, 0.5) is 5.69 Å². The zero-order valence-electron chi connectivity index (χ0n) is 13.7. The first kappa shape index (κ1) is 17.1. The first-order valence-corrected chi connectivity index (χ1v) is 7.81. The van der Waals surface area contributed by atoms with Crippen LogP contribution < -0.4 is 10.1 Å². The molecule has 2 rings (SSSR count). The molecule has 1 N–H and O–H groups in total. The minimum Gasteiger partial charge on any atom is -0.497 e. The van der Waals surface area contributed by atoms with Crippen molar-refractivity contribution in [3.8, 4) is 5.75 Å². The minimum absolute atomic E-state index is 0.162. The molecule has 0 aromatic heterocycles. The van der Waals surface area contributed by atoms with E-state index < -0.39 is 11.8 Å². The van der Waals surface area contributed by atoms with Crippen LogP contribution in [0.25, 0.3) is 0 Å². The van der Waals surface area contributed by atoms with Gasteiger partial charge in [0.2, 0.25) is 5.91 Å². The van der Waals surface area contributed by atoms with E-state index in [1.807, 2.05) is 26.0 Å². The molecule has 0 saturated heterocycles. The summed E-state index contributed by atoms with van der Waals surface area (Å²) in [7, 11) is 1.59. The fourth-order valence-electron chi connectivity index (χ4n) is 2.59. The fraction of sp³-hybridized carbons (Fsp3) is 0.444. The Bertz CT molecular complexity index is 577. The van der Waals surface area contributed by atoms with Crippen LogP contribution >= 0.6 is 0 Å². The van der Waals surface area contributed by atoms with Gasteiger partial charge in [0.05, 0.1) is 25.0 Å². The molecule has 0 heterocycles. The van der Waals surface area contributed by atoms with Gasteiger partial charge in [-0.05, 0) is 51.0 Å². The number of hydrogen-bond donors (Lipinski definition) is 1. The number of nitrogens with one attached hydrogen (secondary N) is 1. The highest BCUT2D eigenvalue weighted by Crippen LogP contribution is 2.28. The summed E-state index contributed by atoms with van der Waals surface area (Å²) in [6.45, 7) is 3.62. The third-order valence-electron chi connectivity index (χ3n) is 3.78. The third kappa shape index (κ3) is 4.58. The Balaban J connectivity index is 2.05. The van der Waals surface area contributed by atoms with Gasteiger partial charge in [0.25, 0.3) is 0 Å². The predicted molar refractivity (Wildman–Crippen MR) is 88.2 cm³/mol. The van der Waals surface area contributed by atoms with Gasteiger partial charge >= 0.3 is 5.97 Å². The molecule has 5 nitrogen and oxygen atoms in total. The molecule has 0 unspecified atom stereocenters. The quantitative estimate of drug-likeness (QED) is 0.669. The van der Waals surface area contributed by atoms with Crippen molar-refractivity contribution in [3.05, 3.63) is 36.4 Å². The number of hydrogen-bond acceptors (Lipinski definition) is 4. The summed E-state index contributed by atoms with van der Waals surface area (Å²) >= 11 is 0. The van der Waals surface area contributed by atoms with Gasteiger partial charge in [0.15, 0.2) is 0 Å². The zero-order chi connectivity index (χ0) is 16.8. The minimum atomic E-state index is -0.430. The maximum Gasteiger partial charge on any atom is 0.310 e. The lowest BCUT2D eigenvalue weighted by Crippen LogP contribution is -2.36. The van der Waals surface area contributed by atoms with Crippen molar-refractivity contribution < 1.29 is 19.1 Å². The largest absolute Gasteiger partial charge is 0.497 e. The number of benzene rings is 1. The van der Waals surface area contributed by atoms with E-state index in [0.717, 1.165) is 5.75 Å². The molecule has 1 aromatic carbocycles. The van der Waals surface area contributed by atoms with E-state index in [4.69, 9.17) is 9.47 Å². The average molecular weight is 317 g/mol. The summed E-state index contributed by atoms with van der Waals surface area (Å²) in [5.41, 5.74) is 0.682. The van der Waals surface area contributed by atoms with Crippen LogP contribution in [0.15, 0.2) is 36.4 Å². The van der Waals surface area contributed by atoms with Crippen molar-refractivity contribution >= 4 is 17.6 Å². The van der Waals surface area contributed by atoms with Crippen LogP contribution in [-0.2, 0) is 14.3 Å². The molecule has 1 aromatic rings. The van der Waals surface area contributed by atoms with Crippen molar-refractivity contribution in [1.29, 1.82) is 0 Å². The number of allylic oxidation sites excluding steroid dienone is 2. The lowest BCUT2D eigenvalue weighted by atomic mass is 9.82. The summed E-state index contributed by atoms with van der Waals surface area (Å²) < 4.78 is 10.4. The summed E-state index contributed by atoms with van der Waals surface area (Å²) in [5, 5.41) is 2.86. The van der Waals surface area contributed by atoms with Gasteiger partial charge in [0.1, 0.15) is 5.75 Å². The lowest BCUT2D eigenvalue weighted by molar-refractivity contribution is -0.156. The van der Waals surface area contributed by atoms with E-state index in [0.29, 0.717) is 18.5 Å². The molecule has 1 aliphatic carbocycles. The Labute approximate surface area is 136 Å². The molecule has 0 spiro atoms. The lowest BCUT2D eigenvalue weighted by Gasteiger charge is -2.26. The molecule has 124 valence electrons. The van der Waals surface area contributed by atoms with Crippen LogP contribution in [0.3, 0.4) is 0 Å². The number of carbonyl (C=O) groups excluding carboxylic acids is 2. The molecule has 0 fully saturated rings. The molecule has 23 heavy (non-hydrogen) atoms. The molecule has 0 saturated carbocycles. The highest BCUT2D eigenvalue weighted by Gasteiger charge is 2.35. The van der Waals surface area contributed by atoms with Crippen LogP contribution in [-0.4, -0.2) is 25.1 Å². The van der Waals surface area contributed by atoms with E-state index in [1.165, 1.54) is 0 Å². The first-order chi connectivity index (χ1) is 11.0. The second-order valence-corrected chi connectivity index (χ2v) is 5.86. The Hall–Kier alpha value is -2.30. The van der Waals surface area contributed by atoms with Gasteiger partial charge in [-0.15, -0.1) is 0 Å². The predicted octanol–water partition coefficient (Wildman–Crippen LogP) is 3.17. The topological polar surface area (TPSA) is 64.6 Å². The molecular formula is C18H23NO4. The smallest absolute Gasteiger partial charge is 0.310 e. The standard InChI is InChI=1S/C18H23NO4/c1-12(2)23-18(21)16-7-5-4-6-15(16)17(20)19-13-8-10-14(22-3)11-9-13/h4-5,8-12,15-16H,6-7H2,1-3H3,(H,19,20)/t15-,16-/m1/s1. The molecule has 5 heteroatoms. The van der Waals surface area contributed by atoms with E-state index in [1.54, 1.807) is 31.4 Å². The monoisotopic (exact) mass is 317 g/mol. The van der Waals surface area contributed by atoms with Gasteiger partial charge < -0.3 is 14.8 Å². The normalized spacial score (nSPS) is 20.2. The number of esters is 1. The second-order valence-electron chi connectivity index (χ2n) is 5.86. The molecule has 1 aliphatic rings. The number of methoxy groups -OCH3 is 1. The summed E-state index contributed by atoms with van der Waals surface area (Å²) in [4.78, 5) is 24.7. The Morgan fingerprint density at radius 1 is 1.09 bits per heavy atom. The molecule has 0 radical (unpaired) electrons. The number of rotatable bonds is 5. The maximum atomic E-state index is 12.5. The number of anilines is 1. The van der Waals surface area contributed by atoms with E-state index in [2.05, 4.69) is 5.32 Å². The van der Waals surface area contributed by atoms with E-state index in [-0.39, 0.29) is 18.0 Å². The summed E-state index contributed by atoms with van der Waals surface area (Å²) in [6, 6.07) is 7.11. The van der Waals surface area contributed by atoms with Gasteiger partial charge in [-0.25, -0.2) is 0 Å². The maximum absolute atomic E-state index is 12.5. The second kappa shape index (κ2) is 7.81. The third-order valence-corrected chi connectivity index (χ3v) is 3.78. The van der Waals surface area contributed by atoms with Crippen molar-refractivity contribution in [2.75, 3.05) is 12.4 Å². The molecular weight excluding hydrogens is 294 g/mol. The van der Waals surface area contributed by atoms with Crippen LogP contribution in [0, 0.1) is 11.8 Å². The van der Waals surface area contributed by atoms with Crippen LogP contribution in [0.2, 0.25) is 0 Å². The Kier molecular flexibility index (Phi) is 5.79. The number of amides is 1. The highest BCUT2D eigenvalue weighted by atomic mass is 16.5. The average Bonchev–Trinajstić information content (AvgIpc) is 2.55. The SMILES string of the molecule is COc1ccc(NC(=O)[C@@H]2CC=CC[C@H]2C(=O)OC(C)C)cc1. The fourth-order valence-corrected chi connectivity index (χ4v) is 2.59. The molecule has 1 amide bonds. The summed E-state index contributed by atoms with van der Waals surface area (Å²) in [5.74, 6) is -0.583. The zero-order valence-corrected chi connectivity index (χ0v) is 13.7. The van der Waals surface area contributed by atoms with E-state index in [9.17, 15) is 9.59 Å². The number of ether oxygens (including phenoxy) is 2. The van der Waals surface area contributed by atoms with Crippen molar-refractivity contribution in [2.24, 2.45) is 11.8 Å². The van der Waals surface area contributed by atoms with Crippen molar-refractivity contribution in [3.63, 3.8) is 0 Å². The van der Waals surface area contributed by atoms with Crippen LogP contribution in [0.5, 0.6) is 5.75 Å². The first-order valence-electron chi connectivity index (χ1n) is 7.81.